The van der Waals surface area contributed by atoms with Crippen molar-refractivity contribution in [3.05, 3.63) is 24.0 Å². The Bertz CT molecular complexity index is 483. The zero-order chi connectivity index (χ0) is 14.2. The first-order valence-electron chi connectivity index (χ1n) is 7.96. The molecule has 1 spiro atoms. The molecule has 2 fully saturated rings. The predicted molar refractivity (Wildman–Crippen MR) is 78.9 cm³/mol. The largest absolute Gasteiger partial charge is 0.370 e. The van der Waals surface area contributed by atoms with E-state index in [0.717, 1.165) is 18.5 Å². The molecule has 1 aromatic rings. The average molecular weight is 275 g/mol. The second-order valence-corrected chi connectivity index (χ2v) is 6.78. The Kier molecular flexibility index (Phi) is 3.72. The van der Waals surface area contributed by atoms with E-state index >= 15 is 0 Å². The van der Waals surface area contributed by atoms with Crippen molar-refractivity contribution in [2.24, 2.45) is 5.92 Å². The standard InChI is InChI=1S/C17H25NO2/c1-13(2)16(19)14-6-10-18(11-14)12-15-5-9-17(20-15)7-3-4-8-17/h6,10-11,13,15H,3-5,7-9,12H2,1-2H3. The van der Waals surface area contributed by atoms with Crippen LogP contribution in [0.25, 0.3) is 0 Å². The summed E-state index contributed by atoms with van der Waals surface area (Å²) in [6.07, 6.45) is 11.8. The summed E-state index contributed by atoms with van der Waals surface area (Å²) in [5, 5.41) is 0. The lowest BCUT2D eigenvalue weighted by Crippen LogP contribution is -2.26. The summed E-state index contributed by atoms with van der Waals surface area (Å²) in [5.41, 5.74) is 1.03. The highest BCUT2D eigenvalue weighted by Crippen LogP contribution is 2.43. The van der Waals surface area contributed by atoms with Crippen molar-refractivity contribution in [3.8, 4) is 0 Å². The molecular weight excluding hydrogens is 250 g/mol. The molecule has 0 radical (unpaired) electrons. The van der Waals surface area contributed by atoms with Crippen LogP contribution in [-0.4, -0.2) is 22.1 Å². The molecule has 0 N–H and O–H groups in total. The Morgan fingerprint density at radius 1 is 1.40 bits per heavy atom. The molecule has 1 unspecified atom stereocenters. The Morgan fingerprint density at radius 2 is 2.15 bits per heavy atom. The van der Waals surface area contributed by atoms with Crippen LogP contribution in [-0.2, 0) is 11.3 Å². The Morgan fingerprint density at radius 3 is 2.85 bits per heavy atom. The third kappa shape index (κ3) is 2.69. The third-order valence-corrected chi connectivity index (χ3v) is 4.83. The number of aromatic nitrogens is 1. The molecule has 2 heterocycles. The first-order chi connectivity index (χ1) is 9.58. The highest BCUT2D eigenvalue weighted by molar-refractivity contribution is 5.97. The molecule has 3 nitrogen and oxygen atoms in total. The minimum Gasteiger partial charge on any atom is -0.370 e. The number of carbonyl (C=O) groups is 1. The maximum absolute atomic E-state index is 12.0. The number of nitrogens with zero attached hydrogens (tertiary/aromatic N) is 1. The molecule has 110 valence electrons. The van der Waals surface area contributed by atoms with Gasteiger partial charge in [0.1, 0.15) is 0 Å². The first-order valence-corrected chi connectivity index (χ1v) is 7.96. The van der Waals surface area contributed by atoms with Gasteiger partial charge in [0.2, 0.25) is 0 Å². The van der Waals surface area contributed by atoms with Crippen molar-refractivity contribution < 1.29 is 9.53 Å². The van der Waals surface area contributed by atoms with E-state index in [4.69, 9.17) is 4.74 Å². The van der Waals surface area contributed by atoms with Gasteiger partial charge in [-0.15, -0.1) is 0 Å². The molecule has 20 heavy (non-hydrogen) atoms. The van der Waals surface area contributed by atoms with Crippen LogP contribution >= 0.6 is 0 Å². The lowest BCUT2D eigenvalue weighted by molar-refractivity contribution is -0.0417. The van der Waals surface area contributed by atoms with E-state index in [9.17, 15) is 4.79 Å². The molecule has 3 rings (SSSR count). The van der Waals surface area contributed by atoms with Crippen molar-refractivity contribution in [3.63, 3.8) is 0 Å². The number of carbonyl (C=O) groups excluding carboxylic acids is 1. The summed E-state index contributed by atoms with van der Waals surface area (Å²) in [4.78, 5) is 12.0. The number of hydrogen-bond acceptors (Lipinski definition) is 2. The van der Waals surface area contributed by atoms with Crippen LogP contribution < -0.4 is 0 Å². The van der Waals surface area contributed by atoms with E-state index in [1.807, 2.05) is 32.3 Å². The van der Waals surface area contributed by atoms with Gasteiger partial charge in [-0.25, -0.2) is 0 Å². The predicted octanol–water partition coefficient (Wildman–Crippen LogP) is 3.82. The third-order valence-electron chi connectivity index (χ3n) is 4.83. The minimum absolute atomic E-state index is 0.0651. The molecule has 1 aliphatic heterocycles. The summed E-state index contributed by atoms with van der Waals surface area (Å²) in [6, 6.07) is 1.93. The fourth-order valence-electron chi connectivity index (χ4n) is 3.68. The van der Waals surface area contributed by atoms with Crippen LogP contribution in [0.3, 0.4) is 0 Å². The van der Waals surface area contributed by atoms with Crippen LogP contribution in [0.4, 0.5) is 0 Å². The first kappa shape index (κ1) is 13.9. The quantitative estimate of drug-likeness (QED) is 0.782. The molecular formula is C17H25NO2. The van der Waals surface area contributed by atoms with Gasteiger partial charge in [0, 0.05) is 30.4 Å². The summed E-state index contributed by atoms with van der Waals surface area (Å²) < 4.78 is 8.44. The van der Waals surface area contributed by atoms with Crippen molar-refractivity contribution in [2.45, 2.75) is 70.6 Å². The minimum atomic E-state index is 0.0651. The Balaban J connectivity index is 1.60. The molecule has 0 amide bonds. The Hall–Kier alpha value is -1.09. The maximum Gasteiger partial charge on any atom is 0.166 e. The van der Waals surface area contributed by atoms with E-state index in [1.54, 1.807) is 0 Å². The van der Waals surface area contributed by atoms with Crippen LogP contribution in [0.5, 0.6) is 0 Å². The maximum atomic E-state index is 12.0. The van der Waals surface area contributed by atoms with Crippen LogP contribution in [0.15, 0.2) is 18.5 Å². The lowest BCUT2D eigenvalue weighted by atomic mass is 9.98. The molecule has 1 saturated carbocycles. The number of ketones is 1. The van der Waals surface area contributed by atoms with Gasteiger partial charge in [-0.3, -0.25) is 4.79 Å². The van der Waals surface area contributed by atoms with Crippen molar-refractivity contribution in [2.75, 3.05) is 0 Å². The van der Waals surface area contributed by atoms with Gasteiger partial charge in [0.25, 0.3) is 0 Å². The topological polar surface area (TPSA) is 31.2 Å². The molecule has 3 heteroatoms. The van der Waals surface area contributed by atoms with Gasteiger partial charge in [0.05, 0.1) is 11.7 Å². The van der Waals surface area contributed by atoms with Gasteiger partial charge in [-0.05, 0) is 31.7 Å². The Labute approximate surface area is 121 Å². The highest BCUT2D eigenvalue weighted by Gasteiger charge is 2.42. The SMILES string of the molecule is CC(C)C(=O)c1ccn(CC2CCC3(CCCC3)O2)c1. The zero-order valence-corrected chi connectivity index (χ0v) is 12.6. The number of Topliss-reactive ketones (excluding diaryl/α,β-unsaturated/α-hetero) is 1. The van der Waals surface area contributed by atoms with E-state index in [1.165, 1.54) is 32.1 Å². The summed E-state index contributed by atoms with van der Waals surface area (Å²) in [7, 11) is 0. The number of hydrogen-bond donors (Lipinski definition) is 0. The normalized spacial score (nSPS) is 24.9. The van der Waals surface area contributed by atoms with Gasteiger partial charge >= 0.3 is 0 Å². The van der Waals surface area contributed by atoms with Gasteiger partial charge in [0.15, 0.2) is 5.78 Å². The van der Waals surface area contributed by atoms with Crippen molar-refractivity contribution in [1.29, 1.82) is 0 Å². The molecule has 1 saturated heterocycles. The zero-order valence-electron chi connectivity index (χ0n) is 12.6. The molecule has 0 aromatic carbocycles. The second-order valence-electron chi connectivity index (χ2n) is 6.78. The van der Waals surface area contributed by atoms with Gasteiger partial charge < -0.3 is 9.30 Å². The molecule has 2 aliphatic rings. The number of rotatable bonds is 4. The fraction of sp³-hybridized carbons (Fsp3) is 0.706. The van der Waals surface area contributed by atoms with Gasteiger partial charge in [-0.1, -0.05) is 26.7 Å². The van der Waals surface area contributed by atoms with Crippen molar-refractivity contribution >= 4 is 5.78 Å². The van der Waals surface area contributed by atoms with Crippen LogP contribution in [0.1, 0.15) is 62.7 Å². The molecule has 1 aromatic heterocycles. The fourth-order valence-corrected chi connectivity index (χ4v) is 3.68. The lowest BCUT2D eigenvalue weighted by Gasteiger charge is -2.24. The molecule has 0 bridgehead atoms. The van der Waals surface area contributed by atoms with E-state index in [-0.39, 0.29) is 17.3 Å². The van der Waals surface area contributed by atoms with E-state index < -0.39 is 0 Å². The highest BCUT2D eigenvalue weighted by atomic mass is 16.5. The molecule has 1 atom stereocenters. The summed E-state index contributed by atoms with van der Waals surface area (Å²) in [6.45, 7) is 4.78. The van der Waals surface area contributed by atoms with Crippen molar-refractivity contribution in [1.82, 2.24) is 4.57 Å². The monoisotopic (exact) mass is 275 g/mol. The molecule has 1 aliphatic carbocycles. The van der Waals surface area contributed by atoms with Crippen LogP contribution in [0.2, 0.25) is 0 Å². The summed E-state index contributed by atoms with van der Waals surface area (Å²) in [5.74, 6) is 0.290. The second kappa shape index (κ2) is 5.36. The van der Waals surface area contributed by atoms with Crippen LogP contribution in [0, 0.1) is 5.92 Å². The van der Waals surface area contributed by atoms with Gasteiger partial charge in [-0.2, -0.15) is 0 Å². The average Bonchev–Trinajstić information content (AvgIpc) is 3.13. The van der Waals surface area contributed by atoms with E-state index in [0.29, 0.717) is 6.10 Å². The number of ether oxygens (including phenoxy) is 1. The smallest absolute Gasteiger partial charge is 0.166 e. The van der Waals surface area contributed by atoms with E-state index in [2.05, 4.69) is 4.57 Å². The summed E-state index contributed by atoms with van der Waals surface area (Å²) >= 11 is 0.